The predicted molar refractivity (Wildman–Crippen MR) is 118 cm³/mol. The van der Waals surface area contributed by atoms with Gasteiger partial charge in [0.25, 0.3) is 11.8 Å². The summed E-state index contributed by atoms with van der Waals surface area (Å²) in [6.45, 7) is 2.49. The number of likely N-dealkylation sites (N-methyl/N-ethyl adjacent to an activating group) is 2. The summed E-state index contributed by atoms with van der Waals surface area (Å²) in [5.41, 5.74) is 0.906. The van der Waals surface area contributed by atoms with E-state index in [0.717, 1.165) is 18.4 Å². The Morgan fingerprint density at radius 2 is 1.80 bits per heavy atom. The van der Waals surface area contributed by atoms with Crippen LogP contribution in [0, 0.1) is 0 Å². The van der Waals surface area contributed by atoms with Gasteiger partial charge >= 0.3 is 0 Å². The third-order valence-corrected chi connectivity index (χ3v) is 5.22. The third-order valence-electron chi connectivity index (χ3n) is 4.48. The van der Waals surface area contributed by atoms with E-state index in [-0.39, 0.29) is 18.0 Å². The molecule has 166 valence electrons. The van der Waals surface area contributed by atoms with Crippen molar-refractivity contribution in [1.82, 2.24) is 14.7 Å². The number of hydrogen-bond acceptors (Lipinski definition) is 4. The van der Waals surface area contributed by atoms with Crippen molar-refractivity contribution < 1.29 is 19.5 Å². The van der Waals surface area contributed by atoms with Crippen LogP contribution >= 0.6 is 23.2 Å². The number of benzene rings is 1. The molecule has 7 nitrogen and oxygen atoms in total. The van der Waals surface area contributed by atoms with Crippen molar-refractivity contribution in [3.05, 3.63) is 45.1 Å². The van der Waals surface area contributed by atoms with Crippen LogP contribution in [-0.4, -0.2) is 72.3 Å². The van der Waals surface area contributed by atoms with E-state index in [9.17, 15) is 19.5 Å². The summed E-state index contributed by atoms with van der Waals surface area (Å²) in [5.74, 6) is -1.18. The molecule has 1 aromatic rings. The Morgan fingerprint density at radius 1 is 1.17 bits per heavy atom. The molecule has 0 saturated carbocycles. The number of nitrogens with zero attached hydrogens (tertiary/aromatic N) is 3. The molecule has 1 aromatic carbocycles. The van der Waals surface area contributed by atoms with Crippen LogP contribution in [0.1, 0.15) is 31.7 Å². The molecule has 0 aromatic heterocycles. The summed E-state index contributed by atoms with van der Waals surface area (Å²) in [7, 11) is 6.70. The molecule has 1 N–H and O–H groups in total. The first-order chi connectivity index (χ1) is 14.0. The number of amides is 3. The second kappa shape index (κ2) is 11.8. The first-order valence-electron chi connectivity index (χ1n) is 9.56. The van der Waals surface area contributed by atoms with E-state index in [1.807, 2.05) is 0 Å². The molecule has 1 aliphatic heterocycles. The first kappa shape index (κ1) is 25.8. The van der Waals surface area contributed by atoms with Crippen LogP contribution in [-0.2, 0) is 20.9 Å². The Hall–Kier alpha value is -2.25. The van der Waals surface area contributed by atoms with Gasteiger partial charge in [0, 0.05) is 41.2 Å². The first-order valence-corrected chi connectivity index (χ1v) is 10.3. The van der Waals surface area contributed by atoms with Gasteiger partial charge in [-0.3, -0.25) is 14.4 Å². The maximum atomic E-state index is 12.3. The topological polar surface area (TPSA) is 81.2 Å². The second-order valence-corrected chi connectivity index (χ2v) is 8.10. The second-order valence-electron chi connectivity index (χ2n) is 7.29. The van der Waals surface area contributed by atoms with Crippen LogP contribution in [0.15, 0.2) is 29.5 Å². The minimum absolute atomic E-state index is 0.102. The highest BCUT2D eigenvalue weighted by molar-refractivity contribution is 6.42. The predicted octanol–water partition coefficient (Wildman–Crippen LogP) is 3.50. The highest BCUT2D eigenvalue weighted by Gasteiger charge is 2.32. The Bertz CT molecular complexity index is 824. The van der Waals surface area contributed by atoms with Crippen molar-refractivity contribution in [2.75, 3.05) is 34.7 Å². The van der Waals surface area contributed by atoms with E-state index in [1.54, 1.807) is 44.2 Å². The molecule has 1 heterocycles. The van der Waals surface area contributed by atoms with Gasteiger partial charge in [0.2, 0.25) is 5.91 Å². The SMILES string of the molecule is CCCCC(=O)N(C)C.CN1CC(C(=O)N(C)Cc2ccc(Cl)c(Cl)c2)=C(O)C1=O. The lowest BCUT2D eigenvalue weighted by molar-refractivity contribution is -0.129. The van der Waals surface area contributed by atoms with Crippen LogP contribution in [0.2, 0.25) is 10.0 Å². The Balaban J connectivity index is 0.000000424. The average Bonchev–Trinajstić information content (AvgIpc) is 2.96. The van der Waals surface area contributed by atoms with Crippen molar-refractivity contribution in [2.45, 2.75) is 32.7 Å². The standard InChI is InChI=1S/C14H14Cl2N2O3.C7H15NO/c1-17(6-8-3-4-10(15)11(16)5-8)13(20)9-7-18(2)14(21)12(9)19;1-4-5-6-7(9)8(2)3/h3-5,19H,6-7H2,1-2H3;4-6H2,1-3H3. The molecule has 0 fully saturated rings. The molecule has 30 heavy (non-hydrogen) atoms. The number of carbonyl (C=O) groups excluding carboxylic acids is 3. The maximum Gasteiger partial charge on any atom is 0.289 e. The van der Waals surface area contributed by atoms with Gasteiger partial charge in [-0.2, -0.15) is 0 Å². The number of aliphatic hydroxyl groups excluding tert-OH is 1. The molecule has 3 amide bonds. The Morgan fingerprint density at radius 3 is 2.27 bits per heavy atom. The number of carbonyl (C=O) groups is 3. The molecule has 2 rings (SSSR count). The van der Waals surface area contributed by atoms with Crippen molar-refractivity contribution in [2.24, 2.45) is 0 Å². The fourth-order valence-electron chi connectivity index (χ4n) is 2.63. The molecule has 0 bridgehead atoms. The molecule has 0 atom stereocenters. The van der Waals surface area contributed by atoms with E-state index >= 15 is 0 Å². The Labute approximate surface area is 187 Å². The van der Waals surface area contributed by atoms with Gasteiger partial charge in [0.15, 0.2) is 5.76 Å². The number of unbranched alkanes of at least 4 members (excludes halogenated alkanes) is 1. The molecule has 9 heteroatoms. The van der Waals surface area contributed by atoms with Crippen molar-refractivity contribution in [3.63, 3.8) is 0 Å². The molecule has 0 unspecified atom stereocenters. The van der Waals surface area contributed by atoms with Gasteiger partial charge < -0.3 is 19.8 Å². The normalized spacial score (nSPS) is 13.2. The highest BCUT2D eigenvalue weighted by Crippen LogP contribution is 2.24. The van der Waals surface area contributed by atoms with Crippen molar-refractivity contribution in [1.29, 1.82) is 0 Å². The zero-order valence-electron chi connectivity index (χ0n) is 18.0. The Kier molecular flexibility index (Phi) is 10.2. The van der Waals surface area contributed by atoms with Gasteiger partial charge in [0.1, 0.15) is 0 Å². The van der Waals surface area contributed by atoms with E-state index in [0.29, 0.717) is 23.0 Å². The molecular formula is C21H29Cl2N3O4. The lowest BCUT2D eigenvalue weighted by Crippen LogP contribution is -2.30. The monoisotopic (exact) mass is 457 g/mol. The third kappa shape index (κ3) is 7.22. The van der Waals surface area contributed by atoms with Crippen molar-refractivity contribution >= 4 is 40.9 Å². The van der Waals surface area contributed by atoms with Gasteiger partial charge in [-0.05, 0) is 24.1 Å². The minimum Gasteiger partial charge on any atom is -0.503 e. The summed E-state index contributed by atoms with van der Waals surface area (Å²) in [6.07, 6.45) is 2.81. The minimum atomic E-state index is -0.540. The molecule has 0 spiro atoms. The number of aliphatic hydroxyl groups is 1. The largest absolute Gasteiger partial charge is 0.503 e. The summed E-state index contributed by atoms with van der Waals surface area (Å²) < 4.78 is 0. The van der Waals surface area contributed by atoms with Crippen LogP contribution in [0.3, 0.4) is 0 Å². The van der Waals surface area contributed by atoms with Crippen LogP contribution in [0.25, 0.3) is 0 Å². The lowest BCUT2D eigenvalue weighted by Gasteiger charge is -2.18. The summed E-state index contributed by atoms with van der Waals surface area (Å²) in [6, 6.07) is 5.09. The number of hydrogen-bond donors (Lipinski definition) is 1. The zero-order valence-corrected chi connectivity index (χ0v) is 19.5. The summed E-state index contributed by atoms with van der Waals surface area (Å²) in [4.78, 5) is 38.9. The smallest absolute Gasteiger partial charge is 0.289 e. The van der Waals surface area contributed by atoms with E-state index < -0.39 is 17.6 Å². The highest BCUT2D eigenvalue weighted by atomic mass is 35.5. The molecular weight excluding hydrogens is 429 g/mol. The molecule has 1 aliphatic rings. The zero-order chi connectivity index (χ0) is 23.0. The molecule has 0 saturated heterocycles. The van der Waals surface area contributed by atoms with Crippen LogP contribution < -0.4 is 0 Å². The van der Waals surface area contributed by atoms with Crippen LogP contribution in [0.5, 0.6) is 0 Å². The van der Waals surface area contributed by atoms with E-state index in [1.165, 1.54) is 16.8 Å². The quantitative estimate of drug-likeness (QED) is 0.708. The lowest BCUT2D eigenvalue weighted by atomic mass is 10.2. The van der Waals surface area contributed by atoms with Crippen molar-refractivity contribution in [3.8, 4) is 0 Å². The number of halogens is 2. The van der Waals surface area contributed by atoms with Gasteiger partial charge in [-0.25, -0.2) is 0 Å². The summed E-state index contributed by atoms with van der Waals surface area (Å²) >= 11 is 11.8. The fourth-order valence-corrected chi connectivity index (χ4v) is 2.95. The average molecular weight is 458 g/mol. The fraction of sp³-hybridized carbons (Fsp3) is 0.476. The molecule has 0 radical (unpaired) electrons. The van der Waals surface area contributed by atoms with Gasteiger partial charge in [0.05, 0.1) is 22.2 Å². The molecule has 0 aliphatic carbocycles. The maximum absolute atomic E-state index is 12.3. The van der Waals surface area contributed by atoms with Gasteiger partial charge in [-0.15, -0.1) is 0 Å². The van der Waals surface area contributed by atoms with Gasteiger partial charge in [-0.1, -0.05) is 42.6 Å². The van der Waals surface area contributed by atoms with E-state index in [4.69, 9.17) is 23.2 Å². The number of rotatable bonds is 6. The van der Waals surface area contributed by atoms with Crippen LogP contribution in [0.4, 0.5) is 0 Å². The van der Waals surface area contributed by atoms with E-state index in [2.05, 4.69) is 6.92 Å². The summed E-state index contributed by atoms with van der Waals surface area (Å²) in [5, 5.41) is 10.5.